The number of anilines is 1. The first kappa shape index (κ1) is 16.5. The molecule has 0 bridgehead atoms. The summed E-state index contributed by atoms with van der Waals surface area (Å²) < 4.78 is 23.9. The molecule has 2 unspecified atom stereocenters. The van der Waals surface area contributed by atoms with E-state index in [1.807, 2.05) is 56.0 Å². The number of amides is 1. The summed E-state index contributed by atoms with van der Waals surface area (Å²) >= 11 is 1.41. The maximum absolute atomic E-state index is 12.3. The largest absolute Gasteiger partial charge is 0.316 e. The van der Waals surface area contributed by atoms with Gasteiger partial charge in [-0.3, -0.25) is 4.79 Å². The third-order valence-electron chi connectivity index (χ3n) is 3.94. The van der Waals surface area contributed by atoms with Gasteiger partial charge in [0.15, 0.2) is 15.0 Å². The summed E-state index contributed by atoms with van der Waals surface area (Å²) in [4.78, 5) is 18.5. The monoisotopic (exact) mass is 352 g/mol. The molecular weight excluding hydrogens is 332 g/mol. The first-order valence-corrected chi connectivity index (χ1v) is 10.2. The molecule has 2 saturated heterocycles. The molecule has 0 radical (unpaired) electrons. The van der Waals surface area contributed by atoms with E-state index in [4.69, 9.17) is 0 Å². The van der Waals surface area contributed by atoms with Gasteiger partial charge in [-0.15, -0.1) is 0 Å². The van der Waals surface area contributed by atoms with Gasteiger partial charge in [-0.05, 0) is 12.1 Å². The SMILES string of the molecule is CC(C)(C)C(=O)N=C1SC2CS(=O)(=O)CC2N1c1ccccc1. The van der Waals surface area contributed by atoms with Gasteiger partial charge in [0, 0.05) is 16.4 Å². The van der Waals surface area contributed by atoms with Gasteiger partial charge >= 0.3 is 0 Å². The molecule has 0 saturated carbocycles. The van der Waals surface area contributed by atoms with E-state index in [1.54, 1.807) is 0 Å². The van der Waals surface area contributed by atoms with Gasteiger partial charge in [0.25, 0.3) is 5.91 Å². The van der Waals surface area contributed by atoms with Gasteiger partial charge in [-0.2, -0.15) is 4.99 Å². The van der Waals surface area contributed by atoms with Crippen LogP contribution in [-0.4, -0.2) is 42.3 Å². The number of aliphatic imine (C=N–C) groups is 1. The van der Waals surface area contributed by atoms with Crippen LogP contribution in [0.2, 0.25) is 0 Å². The molecule has 7 heteroatoms. The van der Waals surface area contributed by atoms with Crippen LogP contribution in [0.5, 0.6) is 0 Å². The van der Waals surface area contributed by atoms with E-state index in [9.17, 15) is 13.2 Å². The highest BCUT2D eigenvalue weighted by atomic mass is 32.2. The van der Waals surface area contributed by atoms with Crippen molar-refractivity contribution in [1.82, 2.24) is 0 Å². The minimum Gasteiger partial charge on any atom is -0.316 e. The van der Waals surface area contributed by atoms with Crippen LogP contribution in [0.25, 0.3) is 0 Å². The molecule has 3 rings (SSSR count). The maximum Gasteiger partial charge on any atom is 0.253 e. The lowest BCUT2D eigenvalue weighted by atomic mass is 9.96. The van der Waals surface area contributed by atoms with Gasteiger partial charge in [-0.1, -0.05) is 50.7 Å². The second-order valence-electron chi connectivity index (χ2n) is 6.96. The second-order valence-corrected chi connectivity index (χ2v) is 10.3. The molecule has 2 aliphatic rings. The van der Waals surface area contributed by atoms with E-state index < -0.39 is 15.3 Å². The number of hydrogen-bond acceptors (Lipinski definition) is 4. The highest BCUT2D eigenvalue weighted by molar-refractivity contribution is 8.16. The number of thioether (sulfide) groups is 1. The number of fused-ring (bicyclic) bond motifs is 1. The van der Waals surface area contributed by atoms with E-state index >= 15 is 0 Å². The summed E-state index contributed by atoms with van der Waals surface area (Å²) in [6.45, 7) is 5.49. The zero-order chi connectivity index (χ0) is 16.8. The number of hydrogen-bond donors (Lipinski definition) is 0. The number of nitrogens with zero attached hydrogens (tertiary/aromatic N) is 2. The van der Waals surface area contributed by atoms with Crippen LogP contribution in [-0.2, 0) is 14.6 Å². The first-order valence-electron chi connectivity index (χ1n) is 7.52. The van der Waals surface area contributed by atoms with Crippen LogP contribution in [0.15, 0.2) is 35.3 Å². The number of para-hydroxylation sites is 1. The van der Waals surface area contributed by atoms with Crippen molar-refractivity contribution in [2.24, 2.45) is 10.4 Å². The van der Waals surface area contributed by atoms with Crippen LogP contribution >= 0.6 is 11.8 Å². The molecule has 2 fully saturated rings. The lowest BCUT2D eigenvalue weighted by Crippen LogP contribution is -2.38. The molecule has 0 N–H and O–H groups in total. The maximum atomic E-state index is 12.3. The number of carbonyl (C=O) groups excluding carboxylic acids is 1. The fourth-order valence-electron chi connectivity index (χ4n) is 2.71. The Morgan fingerprint density at radius 1 is 1.22 bits per heavy atom. The number of carbonyl (C=O) groups is 1. The lowest BCUT2D eigenvalue weighted by molar-refractivity contribution is -0.124. The third kappa shape index (κ3) is 3.30. The Morgan fingerprint density at radius 2 is 1.87 bits per heavy atom. The van der Waals surface area contributed by atoms with Crippen LogP contribution in [0.1, 0.15) is 20.8 Å². The summed E-state index contributed by atoms with van der Waals surface area (Å²) in [5, 5.41) is 0.549. The molecule has 0 aliphatic carbocycles. The van der Waals surface area contributed by atoms with Gasteiger partial charge in [0.05, 0.1) is 17.5 Å². The van der Waals surface area contributed by atoms with Gasteiger partial charge in [-0.25, -0.2) is 8.42 Å². The van der Waals surface area contributed by atoms with Gasteiger partial charge in [0.2, 0.25) is 0 Å². The molecule has 0 aromatic heterocycles. The van der Waals surface area contributed by atoms with Crippen LogP contribution in [0.3, 0.4) is 0 Å². The Hall–Kier alpha value is -1.34. The summed E-state index contributed by atoms with van der Waals surface area (Å²) in [7, 11) is -3.03. The predicted octanol–water partition coefficient (Wildman–Crippen LogP) is 2.33. The smallest absolute Gasteiger partial charge is 0.253 e. The van der Waals surface area contributed by atoms with Crippen molar-refractivity contribution in [1.29, 1.82) is 0 Å². The van der Waals surface area contributed by atoms with E-state index in [0.29, 0.717) is 5.17 Å². The van der Waals surface area contributed by atoms with Crippen molar-refractivity contribution >= 4 is 38.4 Å². The van der Waals surface area contributed by atoms with Crippen molar-refractivity contribution in [2.75, 3.05) is 16.4 Å². The zero-order valence-electron chi connectivity index (χ0n) is 13.4. The van der Waals surface area contributed by atoms with Crippen molar-refractivity contribution in [3.8, 4) is 0 Å². The Balaban J connectivity index is 2.01. The molecule has 2 atom stereocenters. The molecule has 5 nitrogen and oxygen atoms in total. The normalized spacial score (nSPS) is 28.1. The fraction of sp³-hybridized carbons (Fsp3) is 0.500. The molecule has 2 heterocycles. The molecular formula is C16H20N2O3S2. The quantitative estimate of drug-likeness (QED) is 0.776. The van der Waals surface area contributed by atoms with Crippen molar-refractivity contribution < 1.29 is 13.2 Å². The Morgan fingerprint density at radius 3 is 2.48 bits per heavy atom. The highest BCUT2D eigenvalue weighted by Gasteiger charge is 2.49. The van der Waals surface area contributed by atoms with Gasteiger partial charge in [0.1, 0.15) is 0 Å². The molecule has 23 heavy (non-hydrogen) atoms. The van der Waals surface area contributed by atoms with Crippen LogP contribution < -0.4 is 4.90 Å². The van der Waals surface area contributed by atoms with E-state index in [-0.39, 0.29) is 28.7 Å². The minimum absolute atomic E-state index is 0.0632. The lowest BCUT2D eigenvalue weighted by Gasteiger charge is -2.25. The first-order chi connectivity index (χ1) is 10.7. The second kappa shape index (κ2) is 5.63. The number of rotatable bonds is 1. The van der Waals surface area contributed by atoms with Crippen LogP contribution in [0.4, 0.5) is 5.69 Å². The number of sulfone groups is 1. The molecule has 124 valence electrons. The Bertz CT molecular complexity index is 751. The fourth-order valence-corrected chi connectivity index (χ4v) is 6.62. The predicted molar refractivity (Wildman–Crippen MR) is 94.6 cm³/mol. The minimum atomic E-state index is -3.03. The van der Waals surface area contributed by atoms with Crippen molar-refractivity contribution in [3.05, 3.63) is 30.3 Å². The standard InChI is InChI=1S/C16H20N2O3S2/c1-16(2,3)14(19)17-15-18(11-7-5-4-6-8-11)12-9-23(20,21)10-13(12)22-15/h4-8,12-13H,9-10H2,1-3H3. The number of benzene rings is 1. The molecule has 1 aromatic rings. The highest BCUT2D eigenvalue weighted by Crippen LogP contribution is 2.41. The average Bonchev–Trinajstić information content (AvgIpc) is 2.89. The Labute approximate surface area is 141 Å². The topological polar surface area (TPSA) is 66.8 Å². The summed E-state index contributed by atoms with van der Waals surface area (Å²) in [5.74, 6) is 0.0696. The molecule has 2 aliphatic heterocycles. The van der Waals surface area contributed by atoms with E-state index in [0.717, 1.165) is 5.69 Å². The average molecular weight is 352 g/mol. The van der Waals surface area contributed by atoms with E-state index in [2.05, 4.69) is 4.99 Å². The third-order valence-corrected chi connectivity index (χ3v) is 7.15. The van der Waals surface area contributed by atoms with E-state index in [1.165, 1.54) is 11.8 Å². The Kier molecular flexibility index (Phi) is 4.04. The molecule has 0 spiro atoms. The molecule has 1 amide bonds. The van der Waals surface area contributed by atoms with Crippen molar-refractivity contribution in [2.45, 2.75) is 32.1 Å². The summed E-state index contributed by atoms with van der Waals surface area (Å²) in [6.07, 6.45) is 0. The van der Waals surface area contributed by atoms with Crippen LogP contribution in [0, 0.1) is 5.41 Å². The summed E-state index contributed by atoms with van der Waals surface area (Å²) in [5.41, 5.74) is 0.324. The number of amidine groups is 1. The van der Waals surface area contributed by atoms with Gasteiger partial charge < -0.3 is 4.90 Å². The van der Waals surface area contributed by atoms with Crippen molar-refractivity contribution in [3.63, 3.8) is 0 Å². The molecule has 1 aromatic carbocycles. The summed E-state index contributed by atoms with van der Waals surface area (Å²) in [6, 6.07) is 9.40. The zero-order valence-corrected chi connectivity index (χ0v) is 15.0.